The zero-order valence-corrected chi connectivity index (χ0v) is 11.9. The molecule has 3 nitrogen and oxygen atoms in total. The molecule has 0 aromatic heterocycles. The zero-order chi connectivity index (χ0) is 13.6. The first-order valence-corrected chi connectivity index (χ1v) is 7.26. The first-order chi connectivity index (χ1) is 9.18. The Morgan fingerprint density at radius 2 is 1.95 bits per heavy atom. The standard InChI is InChI=1S/C16H25N3/c1-16(10-5-6-11-16)13-19-15(17)18-12-9-14-7-3-2-4-8-14/h2-4,7-8H,5-6,9-13H2,1H3,(H3,17,18,19). The van der Waals surface area contributed by atoms with Crippen molar-refractivity contribution in [2.24, 2.45) is 16.1 Å². The highest BCUT2D eigenvalue weighted by Gasteiger charge is 2.28. The van der Waals surface area contributed by atoms with Gasteiger partial charge in [0.15, 0.2) is 5.96 Å². The van der Waals surface area contributed by atoms with E-state index in [9.17, 15) is 0 Å². The smallest absolute Gasteiger partial charge is 0.188 e. The summed E-state index contributed by atoms with van der Waals surface area (Å²) in [4.78, 5) is 4.49. The van der Waals surface area contributed by atoms with Crippen LogP contribution >= 0.6 is 0 Å². The molecule has 0 radical (unpaired) electrons. The highest BCUT2D eigenvalue weighted by atomic mass is 15.1. The van der Waals surface area contributed by atoms with Gasteiger partial charge in [0.25, 0.3) is 0 Å². The number of benzene rings is 1. The molecule has 2 rings (SSSR count). The lowest BCUT2D eigenvalue weighted by Crippen LogP contribution is -2.34. The van der Waals surface area contributed by atoms with Gasteiger partial charge in [0.05, 0.1) is 0 Å². The molecular formula is C16H25N3. The average Bonchev–Trinajstić information content (AvgIpc) is 2.85. The molecule has 3 N–H and O–H groups in total. The summed E-state index contributed by atoms with van der Waals surface area (Å²) in [6, 6.07) is 10.4. The van der Waals surface area contributed by atoms with Crippen molar-refractivity contribution in [2.45, 2.75) is 39.0 Å². The van der Waals surface area contributed by atoms with Crippen molar-refractivity contribution in [2.75, 3.05) is 13.1 Å². The van der Waals surface area contributed by atoms with E-state index in [1.54, 1.807) is 0 Å². The highest BCUT2D eigenvalue weighted by Crippen LogP contribution is 2.37. The van der Waals surface area contributed by atoms with Crippen LogP contribution < -0.4 is 11.1 Å². The number of rotatable bonds is 5. The molecule has 0 spiro atoms. The van der Waals surface area contributed by atoms with Crippen molar-refractivity contribution in [1.82, 2.24) is 5.32 Å². The summed E-state index contributed by atoms with van der Waals surface area (Å²) < 4.78 is 0. The molecule has 0 aliphatic heterocycles. The minimum Gasteiger partial charge on any atom is -0.370 e. The zero-order valence-electron chi connectivity index (χ0n) is 11.9. The van der Waals surface area contributed by atoms with Gasteiger partial charge in [-0.1, -0.05) is 50.1 Å². The van der Waals surface area contributed by atoms with Crippen LogP contribution in [0.1, 0.15) is 38.2 Å². The van der Waals surface area contributed by atoms with E-state index >= 15 is 0 Å². The Balaban J connectivity index is 1.70. The monoisotopic (exact) mass is 259 g/mol. The normalized spacial score (nSPS) is 18.5. The molecule has 0 amide bonds. The quantitative estimate of drug-likeness (QED) is 0.631. The van der Waals surface area contributed by atoms with Gasteiger partial charge < -0.3 is 11.1 Å². The molecule has 0 heterocycles. The number of nitrogens with one attached hydrogen (secondary N) is 1. The molecule has 1 saturated carbocycles. The van der Waals surface area contributed by atoms with Crippen LogP contribution in [0.3, 0.4) is 0 Å². The van der Waals surface area contributed by atoms with Gasteiger partial charge in [0.2, 0.25) is 0 Å². The van der Waals surface area contributed by atoms with E-state index in [1.165, 1.54) is 31.2 Å². The fourth-order valence-electron chi connectivity index (χ4n) is 2.70. The van der Waals surface area contributed by atoms with Gasteiger partial charge in [-0.15, -0.1) is 0 Å². The third kappa shape index (κ3) is 4.58. The number of guanidine groups is 1. The number of hydrogen-bond donors (Lipinski definition) is 2. The number of nitrogens with zero attached hydrogens (tertiary/aromatic N) is 1. The predicted molar refractivity (Wildman–Crippen MR) is 81.2 cm³/mol. The molecule has 0 atom stereocenters. The van der Waals surface area contributed by atoms with Gasteiger partial charge in [-0.25, -0.2) is 0 Å². The third-order valence-corrected chi connectivity index (χ3v) is 4.00. The molecule has 1 fully saturated rings. The van der Waals surface area contributed by atoms with Gasteiger partial charge in [-0.05, 0) is 30.2 Å². The molecular weight excluding hydrogens is 234 g/mol. The van der Waals surface area contributed by atoms with Gasteiger partial charge in [-0.3, -0.25) is 4.99 Å². The summed E-state index contributed by atoms with van der Waals surface area (Å²) in [6.45, 7) is 4.02. The summed E-state index contributed by atoms with van der Waals surface area (Å²) in [5.41, 5.74) is 7.62. The Bertz CT molecular complexity index is 405. The molecule has 1 aromatic carbocycles. The number of hydrogen-bond acceptors (Lipinski definition) is 1. The molecule has 3 heteroatoms. The Hall–Kier alpha value is -1.51. The van der Waals surface area contributed by atoms with Crippen molar-refractivity contribution in [1.29, 1.82) is 0 Å². The third-order valence-electron chi connectivity index (χ3n) is 4.00. The maximum atomic E-state index is 5.91. The lowest BCUT2D eigenvalue weighted by molar-refractivity contribution is 0.351. The largest absolute Gasteiger partial charge is 0.370 e. The Morgan fingerprint density at radius 1 is 1.26 bits per heavy atom. The second-order valence-corrected chi connectivity index (χ2v) is 5.88. The van der Waals surface area contributed by atoms with Crippen molar-refractivity contribution in [3.63, 3.8) is 0 Å². The van der Waals surface area contributed by atoms with Crippen molar-refractivity contribution < 1.29 is 0 Å². The Morgan fingerprint density at radius 3 is 2.63 bits per heavy atom. The van der Waals surface area contributed by atoms with E-state index in [0.29, 0.717) is 11.4 Å². The SMILES string of the molecule is CC1(CN=C(N)NCCc2ccccc2)CCCC1. The minimum absolute atomic E-state index is 0.381. The van der Waals surface area contributed by atoms with Crippen molar-refractivity contribution in [3.05, 3.63) is 35.9 Å². The molecule has 1 aliphatic rings. The maximum Gasteiger partial charge on any atom is 0.188 e. The van der Waals surface area contributed by atoms with Crippen molar-refractivity contribution in [3.8, 4) is 0 Å². The van der Waals surface area contributed by atoms with E-state index in [-0.39, 0.29) is 0 Å². The Labute approximate surface area is 116 Å². The van der Waals surface area contributed by atoms with Gasteiger partial charge in [-0.2, -0.15) is 0 Å². The van der Waals surface area contributed by atoms with E-state index < -0.39 is 0 Å². The maximum absolute atomic E-state index is 5.91. The lowest BCUT2D eigenvalue weighted by Gasteiger charge is -2.20. The summed E-state index contributed by atoms with van der Waals surface area (Å²) in [5.74, 6) is 0.587. The fourth-order valence-corrected chi connectivity index (χ4v) is 2.70. The predicted octanol–water partition coefficient (Wildman–Crippen LogP) is 2.71. The molecule has 1 aromatic rings. The molecule has 0 bridgehead atoms. The van der Waals surface area contributed by atoms with E-state index in [0.717, 1.165) is 19.5 Å². The first-order valence-electron chi connectivity index (χ1n) is 7.26. The van der Waals surface area contributed by atoms with Gasteiger partial charge in [0, 0.05) is 13.1 Å². The molecule has 1 aliphatic carbocycles. The summed E-state index contributed by atoms with van der Waals surface area (Å²) in [7, 11) is 0. The van der Waals surface area contributed by atoms with E-state index in [4.69, 9.17) is 5.73 Å². The molecule has 104 valence electrons. The van der Waals surface area contributed by atoms with Gasteiger partial charge >= 0.3 is 0 Å². The molecule has 19 heavy (non-hydrogen) atoms. The van der Waals surface area contributed by atoms with Crippen LogP contribution in [0.15, 0.2) is 35.3 Å². The second-order valence-electron chi connectivity index (χ2n) is 5.88. The second kappa shape index (κ2) is 6.60. The lowest BCUT2D eigenvalue weighted by atomic mass is 9.89. The number of aliphatic imine (C=N–C) groups is 1. The first kappa shape index (κ1) is 13.9. The van der Waals surface area contributed by atoms with Crippen LogP contribution in [0.4, 0.5) is 0 Å². The topological polar surface area (TPSA) is 50.4 Å². The average molecular weight is 259 g/mol. The van der Waals surface area contributed by atoms with Gasteiger partial charge in [0.1, 0.15) is 0 Å². The summed E-state index contributed by atoms with van der Waals surface area (Å²) in [5, 5.41) is 3.20. The van der Waals surface area contributed by atoms with Crippen LogP contribution in [-0.4, -0.2) is 19.0 Å². The van der Waals surface area contributed by atoms with E-state index in [2.05, 4.69) is 41.5 Å². The molecule has 0 unspecified atom stereocenters. The van der Waals surface area contributed by atoms with Crippen molar-refractivity contribution >= 4 is 5.96 Å². The van der Waals surface area contributed by atoms with Crippen LogP contribution in [0.2, 0.25) is 0 Å². The molecule has 0 saturated heterocycles. The van der Waals surface area contributed by atoms with Crippen LogP contribution in [0, 0.1) is 5.41 Å². The number of nitrogens with two attached hydrogens (primary N) is 1. The minimum atomic E-state index is 0.381. The fraction of sp³-hybridized carbons (Fsp3) is 0.562. The van der Waals surface area contributed by atoms with E-state index in [1.807, 2.05) is 6.07 Å². The van der Waals surface area contributed by atoms with Crippen LogP contribution in [-0.2, 0) is 6.42 Å². The summed E-state index contributed by atoms with van der Waals surface area (Å²) in [6.07, 6.45) is 6.23. The Kier molecular flexibility index (Phi) is 4.83. The van der Waals surface area contributed by atoms with Crippen LogP contribution in [0.5, 0.6) is 0 Å². The van der Waals surface area contributed by atoms with Crippen LogP contribution in [0.25, 0.3) is 0 Å². The highest BCUT2D eigenvalue weighted by molar-refractivity contribution is 5.77. The summed E-state index contributed by atoms with van der Waals surface area (Å²) >= 11 is 0.